The van der Waals surface area contributed by atoms with Crippen LogP contribution in [0.4, 0.5) is 34.1 Å². The van der Waals surface area contributed by atoms with Crippen LogP contribution in [0.15, 0.2) is 237 Å². The van der Waals surface area contributed by atoms with Gasteiger partial charge < -0.3 is 14.4 Å². The molecule has 0 aliphatic rings. The van der Waals surface area contributed by atoms with Crippen LogP contribution in [0.2, 0.25) is 0 Å². The van der Waals surface area contributed by atoms with Crippen LogP contribution in [-0.4, -0.2) is 4.57 Å². The molecule has 10 aromatic rings. The van der Waals surface area contributed by atoms with Gasteiger partial charge in [0.2, 0.25) is 0 Å². The smallest absolute Gasteiger partial charge is 0.0583 e. The highest BCUT2D eigenvalue weighted by molar-refractivity contribution is 6.18. The summed E-state index contributed by atoms with van der Waals surface area (Å²) in [6, 6.07) is 84.7. The number of para-hydroxylation sites is 5. The molecule has 10 rings (SSSR count). The Labute approximate surface area is 333 Å². The second kappa shape index (κ2) is 14.9. The Hall–Kier alpha value is -7.62. The molecule has 9 aromatic carbocycles. The number of hydrogen-bond acceptors (Lipinski definition) is 2. The summed E-state index contributed by atoms with van der Waals surface area (Å²) in [4.78, 5) is 4.76. The van der Waals surface area contributed by atoms with Crippen molar-refractivity contribution in [2.75, 3.05) is 9.80 Å². The number of hydrogen-bond donors (Lipinski definition) is 0. The molecule has 1 heterocycles. The van der Waals surface area contributed by atoms with Gasteiger partial charge in [-0.25, -0.2) is 0 Å². The van der Waals surface area contributed by atoms with Crippen molar-refractivity contribution in [1.29, 1.82) is 0 Å². The quantitative estimate of drug-likeness (QED) is 0.147. The highest BCUT2D eigenvalue weighted by Gasteiger charge is 2.24. The van der Waals surface area contributed by atoms with E-state index in [1.54, 1.807) is 0 Å². The molecule has 3 nitrogen and oxygen atoms in total. The third-order valence-corrected chi connectivity index (χ3v) is 10.7. The highest BCUT2D eigenvalue weighted by atomic mass is 15.2. The van der Waals surface area contributed by atoms with Crippen LogP contribution >= 0.6 is 0 Å². The Balaban J connectivity index is 1.22. The van der Waals surface area contributed by atoms with Gasteiger partial charge in [-0.05, 0) is 101 Å². The summed E-state index contributed by atoms with van der Waals surface area (Å²) in [5.41, 5.74) is 14.7. The van der Waals surface area contributed by atoms with Gasteiger partial charge in [0, 0.05) is 39.2 Å². The summed E-state index contributed by atoms with van der Waals surface area (Å²) in [6.45, 7) is 0. The Morgan fingerprint density at radius 2 is 0.667 bits per heavy atom. The van der Waals surface area contributed by atoms with Crippen molar-refractivity contribution in [3.63, 3.8) is 0 Å². The van der Waals surface area contributed by atoms with Gasteiger partial charge in [0.1, 0.15) is 0 Å². The fraction of sp³-hybridized carbons (Fsp3) is 0. The number of anilines is 6. The molecule has 0 N–H and O–H groups in total. The Morgan fingerprint density at radius 1 is 0.281 bits per heavy atom. The number of aromatic nitrogens is 1. The van der Waals surface area contributed by atoms with E-state index in [-0.39, 0.29) is 0 Å². The second-order valence-electron chi connectivity index (χ2n) is 14.2. The van der Waals surface area contributed by atoms with E-state index < -0.39 is 0 Å². The standard InChI is InChI=1S/C54H39N3/c1-6-18-40(19-7-1)41-30-32-42(33-31-41)43-34-36-48(37-35-43)57-51-29-17-16-28-50(51)54-52(56(46-24-12-4-13-25-46)47-26-14-5-15-27-47)38-49(39-53(54)57)55(44-20-8-2-9-21-44)45-22-10-3-11-23-45/h1-39H. The predicted octanol–water partition coefficient (Wildman–Crippen LogP) is 15.1. The second-order valence-corrected chi connectivity index (χ2v) is 14.2. The molecule has 0 unspecified atom stereocenters. The first-order valence-corrected chi connectivity index (χ1v) is 19.4. The first kappa shape index (κ1) is 33.9. The lowest BCUT2D eigenvalue weighted by Crippen LogP contribution is -2.14. The summed E-state index contributed by atoms with van der Waals surface area (Å²) in [7, 11) is 0. The molecule has 0 spiro atoms. The van der Waals surface area contributed by atoms with Crippen LogP contribution in [-0.2, 0) is 0 Å². The van der Waals surface area contributed by atoms with Crippen molar-refractivity contribution in [1.82, 2.24) is 4.57 Å². The molecule has 0 saturated carbocycles. The van der Waals surface area contributed by atoms with E-state index in [0.717, 1.165) is 50.8 Å². The van der Waals surface area contributed by atoms with Gasteiger partial charge in [-0.3, -0.25) is 0 Å². The van der Waals surface area contributed by atoms with Gasteiger partial charge in [-0.1, -0.05) is 158 Å². The Bertz CT molecular complexity index is 2830. The molecular weight excluding hydrogens is 691 g/mol. The van der Waals surface area contributed by atoms with Crippen LogP contribution in [0.25, 0.3) is 49.7 Å². The van der Waals surface area contributed by atoms with E-state index in [4.69, 9.17) is 0 Å². The first-order chi connectivity index (χ1) is 28.3. The number of nitrogens with zero attached hydrogens (tertiary/aromatic N) is 3. The molecule has 0 aliphatic carbocycles. The van der Waals surface area contributed by atoms with Crippen molar-refractivity contribution in [2.45, 2.75) is 0 Å². The molecule has 0 radical (unpaired) electrons. The molecule has 1 aromatic heterocycles. The minimum atomic E-state index is 1.06. The zero-order chi connectivity index (χ0) is 38.0. The van der Waals surface area contributed by atoms with Crippen molar-refractivity contribution >= 4 is 55.9 Å². The lowest BCUT2D eigenvalue weighted by molar-refractivity contribution is 1.17. The van der Waals surface area contributed by atoms with Crippen LogP contribution < -0.4 is 9.80 Å². The van der Waals surface area contributed by atoms with Crippen molar-refractivity contribution < 1.29 is 0 Å². The molecular formula is C54H39N3. The van der Waals surface area contributed by atoms with Crippen molar-refractivity contribution in [3.05, 3.63) is 237 Å². The molecule has 0 atom stereocenters. The maximum atomic E-state index is 2.43. The van der Waals surface area contributed by atoms with Crippen LogP contribution in [0.3, 0.4) is 0 Å². The summed E-state index contributed by atoms with van der Waals surface area (Å²) in [5, 5.41) is 2.38. The van der Waals surface area contributed by atoms with Crippen molar-refractivity contribution in [2.24, 2.45) is 0 Å². The van der Waals surface area contributed by atoms with E-state index in [9.17, 15) is 0 Å². The maximum Gasteiger partial charge on any atom is 0.0583 e. The summed E-state index contributed by atoms with van der Waals surface area (Å²) in [5.74, 6) is 0. The van der Waals surface area contributed by atoms with Crippen LogP contribution in [0, 0.1) is 0 Å². The zero-order valence-corrected chi connectivity index (χ0v) is 31.4. The topological polar surface area (TPSA) is 11.4 Å². The van der Waals surface area contributed by atoms with E-state index in [1.807, 2.05) is 0 Å². The minimum Gasteiger partial charge on any atom is -0.310 e. The summed E-state index contributed by atoms with van der Waals surface area (Å²) in [6.07, 6.45) is 0. The van der Waals surface area contributed by atoms with Gasteiger partial charge in [0.05, 0.1) is 22.4 Å². The van der Waals surface area contributed by atoms with E-state index in [1.165, 1.54) is 33.0 Å². The fourth-order valence-corrected chi connectivity index (χ4v) is 8.11. The lowest BCUT2D eigenvalue weighted by atomic mass is 10.0. The Kier molecular flexibility index (Phi) is 8.86. The maximum absolute atomic E-state index is 2.43. The molecule has 57 heavy (non-hydrogen) atoms. The first-order valence-electron chi connectivity index (χ1n) is 19.4. The average Bonchev–Trinajstić information content (AvgIpc) is 3.63. The van der Waals surface area contributed by atoms with Gasteiger partial charge in [-0.15, -0.1) is 0 Å². The van der Waals surface area contributed by atoms with Crippen molar-refractivity contribution in [3.8, 4) is 27.9 Å². The third kappa shape index (κ3) is 6.41. The van der Waals surface area contributed by atoms with Crippen LogP contribution in [0.1, 0.15) is 0 Å². The zero-order valence-electron chi connectivity index (χ0n) is 31.4. The molecule has 270 valence electrons. The van der Waals surface area contributed by atoms with Crippen LogP contribution in [0.5, 0.6) is 0 Å². The van der Waals surface area contributed by atoms with Gasteiger partial charge >= 0.3 is 0 Å². The molecule has 0 fully saturated rings. The molecule has 0 aliphatic heterocycles. The largest absolute Gasteiger partial charge is 0.310 e. The normalized spacial score (nSPS) is 11.2. The molecule has 3 heteroatoms. The van der Waals surface area contributed by atoms with E-state index in [0.29, 0.717) is 0 Å². The van der Waals surface area contributed by atoms with Gasteiger partial charge in [0.25, 0.3) is 0 Å². The van der Waals surface area contributed by atoms with Gasteiger partial charge in [-0.2, -0.15) is 0 Å². The van der Waals surface area contributed by atoms with Gasteiger partial charge in [0.15, 0.2) is 0 Å². The minimum absolute atomic E-state index is 1.06. The summed E-state index contributed by atoms with van der Waals surface area (Å²) < 4.78 is 2.43. The molecule has 0 amide bonds. The Morgan fingerprint density at radius 3 is 1.16 bits per heavy atom. The lowest BCUT2D eigenvalue weighted by Gasteiger charge is -2.30. The SMILES string of the molecule is c1ccc(-c2ccc(-c3ccc(-n4c5ccccc5c5c(N(c6ccccc6)c6ccccc6)cc(N(c6ccccc6)c6ccccc6)cc54)cc3)cc2)cc1. The highest BCUT2D eigenvalue weighted by Crippen LogP contribution is 2.48. The number of fused-ring (bicyclic) bond motifs is 3. The monoisotopic (exact) mass is 729 g/mol. The third-order valence-electron chi connectivity index (χ3n) is 10.7. The number of rotatable bonds is 9. The predicted molar refractivity (Wildman–Crippen MR) is 241 cm³/mol. The molecule has 0 saturated heterocycles. The number of benzene rings is 9. The molecule has 0 bridgehead atoms. The summed E-state index contributed by atoms with van der Waals surface area (Å²) >= 11 is 0. The average molecular weight is 730 g/mol. The van der Waals surface area contributed by atoms with E-state index in [2.05, 4.69) is 251 Å². The fourth-order valence-electron chi connectivity index (χ4n) is 8.11. The van der Waals surface area contributed by atoms with E-state index >= 15 is 0 Å².